The molecule has 0 aromatic heterocycles. The molecule has 0 radical (unpaired) electrons. The van der Waals surface area contributed by atoms with E-state index in [-0.39, 0.29) is 40.5 Å². The highest BCUT2D eigenvalue weighted by molar-refractivity contribution is 7.89. The van der Waals surface area contributed by atoms with E-state index in [2.05, 4.69) is 9.82 Å². The fourth-order valence-corrected chi connectivity index (χ4v) is 7.54. The Hall–Kier alpha value is -2.65. The van der Waals surface area contributed by atoms with E-state index in [1.807, 2.05) is 6.92 Å². The van der Waals surface area contributed by atoms with Crippen molar-refractivity contribution in [1.82, 2.24) is 4.72 Å². The molecular formula is C27H27Cl2F4N3O5S2. The first-order chi connectivity index (χ1) is 20.0. The number of halogens is 6. The lowest BCUT2D eigenvalue weighted by Crippen LogP contribution is -2.40. The maximum Gasteiger partial charge on any atom is 0.390 e. The lowest BCUT2D eigenvalue weighted by Gasteiger charge is -2.33. The van der Waals surface area contributed by atoms with Crippen LogP contribution in [0.2, 0.25) is 10.0 Å². The van der Waals surface area contributed by atoms with Crippen LogP contribution in [-0.2, 0) is 24.3 Å². The van der Waals surface area contributed by atoms with Crippen LogP contribution >= 0.6 is 23.2 Å². The molecule has 1 aliphatic heterocycles. The highest BCUT2D eigenvalue weighted by Crippen LogP contribution is 2.40. The molecule has 0 amide bonds. The van der Waals surface area contributed by atoms with E-state index in [1.165, 1.54) is 24.3 Å². The molecule has 1 N–H and O–H groups in total. The number of hydrogen-bond donors (Lipinski definition) is 1. The molecule has 0 bridgehead atoms. The van der Waals surface area contributed by atoms with Crippen molar-refractivity contribution >= 4 is 54.7 Å². The Morgan fingerprint density at radius 2 is 1.84 bits per heavy atom. The minimum absolute atomic E-state index is 0.112. The van der Waals surface area contributed by atoms with E-state index in [0.29, 0.717) is 22.0 Å². The van der Waals surface area contributed by atoms with Crippen LogP contribution in [0.25, 0.3) is 0 Å². The van der Waals surface area contributed by atoms with Crippen LogP contribution < -0.4 is 9.73 Å². The number of hydrogen-bond acceptors (Lipinski definition) is 7. The maximum atomic E-state index is 13.8. The van der Waals surface area contributed by atoms with Gasteiger partial charge in [0, 0.05) is 16.9 Å². The Bertz CT molecular complexity index is 1700. The Labute approximate surface area is 257 Å². The summed E-state index contributed by atoms with van der Waals surface area (Å²) < 4.78 is 109. The van der Waals surface area contributed by atoms with Crippen molar-refractivity contribution < 1.29 is 38.6 Å². The molecule has 2 aliphatic rings. The van der Waals surface area contributed by atoms with Crippen LogP contribution in [0.15, 0.2) is 70.4 Å². The van der Waals surface area contributed by atoms with Gasteiger partial charge in [0.2, 0.25) is 10.0 Å². The van der Waals surface area contributed by atoms with Crippen molar-refractivity contribution in [3.8, 4) is 0 Å². The Kier molecular flexibility index (Phi) is 9.86. The molecule has 1 unspecified atom stereocenters. The van der Waals surface area contributed by atoms with Gasteiger partial charge in [0.05, 0.1) is 46.1 Å². The second kappa shape index (κ2) is 12.8. The summed E-state index contributed by atoms with van der Waals surface area (Å²) in [6.07, 6.45) is -1.47. The Morgan fingerprint density at radius 1 is 1.12 bits per heavy atom. The zero-order valence-electron chi connectivity index (χ0n) is 22.8. The molecule has 43 heavy (non-hydrogen) atoms. The van der Waals surface area contributed by atoms with Gasteiger partial charge in [0.1, 0.15) is 11.6 Å². The average molecular weight is 685 g/mol. The number of nitrogens with zero attached hydrogens (tertiary/aromatic N) is 2. The van der Waals surface area contributed by atoms with E-state index in [0.717, 1.165) is 12.1 Å². The molecule has 0 saturated carbocycles. The van der Waals surface area contributed by atoms with Gasteiger partial charge < -0.3 is 4.18 Å². The van der Waals surface area contributed by atoms with Crippen molar-refractivity contribution in [2.75, 3.05) is 17.3 Å². The number of benzene rings is 2. The van der Waals surface area contributed by atoms with Crippen molar-refractivity contribution in [3.63, 3.8) is 0 Å². The summed E-state index contributed by atoms with van der Waals surface area (Å²) in [6, 6.07) is 7.81. The van der Waals surface area contributed by atoms with Gasteiger partial charge in [-0.05, 0) is 61.4 Å². The van der Waals surface area contributed by atoms with E-state index in [1.54, 1.807) is 30.1 Å². The smallest absolute Gasteiger partial charge is 0.383 e. The van der Waals surface area contributed by atoms with Gasteiger partial charge in [-0.15, -0.1) is 0 Å². The first-order valence-electron chi connectivity index (χ1n) is 12.9. The maximum absolute atomic E-state index is 13.8. The summed E-state index contributed by atoms with van der Waals surface area (Å²) in [5.41, 5.74) is 1.29. The molecule has 234 valence electrons. The third-order valence-electron chi connectivity index (χ3n) is 6.99. The molecule has 0 saturated heterocycles. The zero-order chi connectivity index (χ0) is 31.7. The van der Waals surface area contributed by atoms with Gasteiger partial charge in [0.25, 0.3) is 0 Å². The minimum Gasteiger partial charge on any atom is -0.383 e. The third kappa shape index (κ3) is 8.29. The monoisotopic (exact) mass is 683 g/mol. The molecule has 2 aromatic carbocycles. The first kappa shape index (κ1) is 33.2. The van der Waals surface area contributed by atoms with Crippen LogP contribution in [0, 0.1) is 24.6 Å². The third-order valence-corrected chi connectivity index (χ3v) is 10.2. The predicted octanol–water partition coefficient (Wildman–Crippen LogP) is 6.36. The van der Waals surface area contributed by atoms with Crippen molar-refractivity contribution in [1.29, 1.82) is 0 Å². The van der Waals surface area contributed by atoms with Gasteiger partial charge >= 0.3 is 16.3 Å². The topological polar surface area (TPSA) is 105 Å². The van der Waals surface area contributed by atoms with Crippen molar-refractivity contribution in [2.45, 2.75) is 43.8 Å². The van der Waals surface area contributed by atoms with Gasteiger partial charge in [-0.3, -0.25) is 5.01 Å². The highest BCUT2D eigenvalue weighted by Gasteiger charge is 2.41. The fourth-order valence-electron chi connectivity index (χ4n) is 4.81. The molecule has 0 spiro atoms. The summed E-state index contributed by atoms with van der Waals surface area (Å²) in [4.78, 5) is -0.203. The summed E-state index contributed by atoms with van der Waals surface area (Å²) in [5, 5.41) is 6.98. The SMILES string of the molecule is Cc1ccc(F)cc1S(=O)(=O)NCC1=NN(c2ccc(Cl)cc2Cl)[C@H](C2C=CC(OS(=O)(=O)CCC(F)(F)F)=CC2)[C@@H]1C. The second-order valence-electron chi connectivity index (χ2n) is 10.1. The van der Waals surface area contributed by atoms with Gasteiger partial charge in [-0.25, -0.2) is 17.5 Å². The second-order valence-corrected chi connectivity index (χ2v) is 14.4. The Morgan fingerprint density at radius 3 is 2.47 bits per heavy atom. The number of hydrazone groups is 1. The Balaban J connectivity index is 1.56. The van der Waals surface area contributed by atoms with E-state index in [9.17, 15) is 34.4 Å². The normalized spacial score (nSPS) is 21.1. The summed E-state index contributed by atoms with van der Waals surface area (Å²) in [7, 11) is -8.58. The number of rotatable bonds is 10. The molecule has 2 aromatic rings. The number of nitrogens with one attached hydrogen (secondary N) is 1. The summed E-state index contributed by atoms with van der Waals surface area (Å²) in [6.45, 7) is 3.18. The quantitative estimate of drug-likeness (QED) is 0.231. The first-order valence-corrected chi connectivity index (χ1v) is 16.7. The lowest BCUT2D eigenvalue weighted by molar-refractivity contribution is -0.130. The number of aryl methyl sites for hydroxylation is 1. The summed E-state index contributed by atoms with van der Waals surface area (Å²) in [5.74, 6) is -2.72. The predicted molar refractivity (Wildman–Crippen MR) is 157 cm³/mol. The van der Waals surface area contributed by atoms with E-state index >= 15 is 0 Å². The van der Waals surface area contributed by atoms with Crippen LogP contribution in [0.3, 0.4) is 0 Å². The van der Waals surface area contributed by atoms with Gasteiger partial charge in [-0.2, -0.15) is 26.7 Å². The van der Waals surface area contributed by atoms with Crippen LogP contribution in [0.4, 0.5) is 23.2 Å². The number of alkyl halides is 3. The number of anilines is 1. The molecule has 4 rings (SSSR count). The van der Waals surface area contributed by atoms with Gasteiger partial charge in [0.15, 0.2) is 0 Å². The molecule has 16 heteroatoms. The minimum atomic E-state index is -4.65. The van der Waals surface area contributed by atoms with Crippen LogP contribution in [0.5, 0.6) is 0 Å². The van der Waals surface area contributed by atoms with Crippen molar-refractivity contribution in [3.05, 3.63) is 81.8 Å². The average Bonchev–Trinajstić information content (AvgIpc) is 3.23. The van der Waals surface area contributed by atoms with Crippen molar-refractivity contribution in [2.24, 2.45) is 16.9 Å². The van der Waals surface area contributed by atoms with E-state index < -0.39 is 50.4 Å². The largest absolute Gasteiger partial charge is 0.390 e. The fraction of sp³-hybridized carbons (Fsp3) is 0.370. The standard InChI is InChI=1S/C27H27Cl2F4N3O5S2/c1-16-3-7-20(30)14-25(16)43(39,40)34-15-23-17(2)26(36(35-23)24-10-6-19(28)13-22(24)29)18-4-8-21(9-5-18)41-42(37,38)12-11-27(31,32)33/h3-4,6-10,13-14,17-18,26,34H,5,11-12,15H2,1-2H3/t17-,18?,26+/m1/s1. The lowest BCUT2D eigenvalue weighted by atomic mass is 9.83. The van der Waals surface area contributed by atoms with E-state index in [4.69, 9.17) is 27.4 Å². The molecule has 8 nitrogen and oxygen atoms in total. The highest BCUT2D eigenvalue weighted by atomic mass is 35.5. The molecule has 1 aliphatic carbocycles. The summed E-state index contributed by atoms with van der Waals surface area (Å²) >= 11 is 12.6. The molecular weight excluding hydrogens is 657 g/mol. The van der Waals surface area contributed by atoms with Gasteiger partial charge in [-0.1, -0.05) is 42.3 Å². The zero-order valence-corrected chi connectivity index (χ0v) is 25.9. The van der Waals surface area contributed by atoms with Crippen LogP contribution in [-0.4, -0.2) is 47.1 Å². The number of allylic oxidation sites excluding steroid dienone is 2. The number of sulfonamides is 1. The van der Waals surface area contributed by atoms with Crippen LogP contribution in [0.1, 0.15) is 25.3 Å². The molecule has 1 heterocycles. The molecule has 3 atom stereocenters. The molecule has 0 fully saturated rings.